The molecular weight excluding hydrogens is 148 g/mol. The molecule has 0 aromatic heterocycles. The molecule has 0 fully saturated rings. The van der Waals surface area contributed by atoms with E-state index in [-0.39, 0.29) is 0 Å². The lowest BCUT2D eigenvalue weighted by Crippen LogP contribution is -2.10. The number of hydrogen-bond donors (Lipinski definition) is 1. The Morgan fingerprint density at radius 1 is 1.42 bits per heavy atom. The van der Waals surface area contributed by atoms with Gasteiger partial charge in [-0.3, -0.25) is 10.4 Å². The van der Waals surface area contributed by atoms with E-state index in [1.165, 1.54) is 0 Å². The molecule has 0 spiro atoms. The van der Waals surface area contributed by atoms with E-state index < -0.39 is 0 Å². The lowest BCUT2D eigenvalue weighted by atomic mass is 10.1. The Balaban J connectivity index is 2.92. The quantitative estimate of drug-likeness (QED) is 0.572. The highest BCUT2D eigenvalue weighted by molar-refractivity contribution is 6.50. The average Bonchev–Trinajstić information content (AvgIpc) is 2.07. The predicted octanol–water partition coefficient (Wildman–Crippen LogP) is 2.50. The summed E-state index contributed by atoms with van der Waals surface area (Å²) in [5.74, 6) is 0. The number of hydrogen-bond acceptors (Lipinski definition) is 2. The molecule has 0 saturated carbocycles. The van der Waals surface area contributed by atoms with E-state index in [1.807, 2.05) is 32.1 Å². The van der Waals surface area contributed by atoms with Gasteiger partial charge in [0.15, 0.2) is 0 Å². The first kappa shape index (κ1) is 8.65. The zero-order valence-corrected chi connectivity index (χ0v) is 7.33. The van der Waals surface area contributed by atoms with E-state index in [1.54, 1.807) is 12.3 Å². The molecule has 0 aromatic carbocycles. The van der Waals surface area contributed by atoms with Gasteiger partial charge in [-0.15, -0.1) is 0 Å². The maximum atomic E-state index is 7.52. The van der Waals surface area contributed by atoms with Gasteiger partial charge in [-0.05, 0) is 31.6 Å². The number of nitrogens with one attached hydrogen (secondary N) is 1. The number of aliphatic imine (C=N–C) groups is 1. The molecule has 0 radical (unpaired) electrons. The Morgan fingerprint density at radius 3 is 2.83 bits per heavy atom. The molecule has 0 aromatic rings. The summed E-state index contributed by atoms with van der Waals surface area (Å²) in [6.45, 7) is 3.90. The molecule has 12 heavy (non-hydrogen) atoms. The maximum absolute atomic E-state index is 7.52. The number of nitrogens with zero attached hydrogens (tertiary/aromatic N) is 1. The van der Waals surface area contributed by atoms with Gasteiger partial charge in [-0.1, -0.05) is 12.2 Å². The van der Waals surface area contributed by atoms with Crippen molar-refractivity contribution >= 4 is 11.4 Å². The van der Waals surface area contributed by atoms with Crippen LogP contribution in [0.15, 0.2) is 41.1 Å². The van der Waals surface area contributed by atoms with E-state index >= 15 is 0 Å². The number of rotatable bonds is 1. The first-order valence-electron chi connectivity index (χ1n) is 3.88. The minimum atomic E-state index is 0.471. The van der Waals surface area contributed by atoms with Crippen LogP contribution in [0.2, 0.25) is 0 Å². The van der Waals surface area contributed by atoms with Gasteiger partial charge in [0, 0.05) is 6.20 Å². The highest BCUT2D eigenvalue weighted by Gasteiger charge is 2.04. The zero-order chi connectivity index (χ0) is 8.97. The van der Waals surface area contributed by atoms with Crippen molar-refractivity contribution < 1.29 is 0 Å². The molecule has 0 bridgehead atoms. The Bertz CT molecular complexity index is 304. The summed E-state index contributed by atoms with van der Waals surface area (Å²) in [6, 6.07) is 0. The molecule has 2 nitrogen and oxygen atoms in total. The SMILES string of the molecule is C/C=C\N=C1C=C(C)C=CC1=N. The van der Waals surface area contributed by atoms with Crippen LogP contribution in [0.3, 0.4) is 0 Å². The lowest BCUT2D eigenvalue weighted by molar-refractivity contribution is 1.46. The van der Waals surface area contributed by atoms with Gasteiger partial charge < -0.3 is 0 Å². The third-order valence-corrected chi connectivity index (χ3v) is 1.52. The number of allylic oxidation sites excluding steroid dienone is 5. The van der Waals surface area contributed by atoms with Crippen molar-refractivity contribution in [1.82, 2.24) is 0 Å². The molecule has 1 aliphatic carbocycles. The van der Waals surface area contributed by atoms with Crippen LogP contribution in [0.5, 0.6) is 0 Å². The highest BCUT2D eigenvalue weighted by Crippen LogP contribution is 2.04. The fraction of sp³-hybridized carbons (Fsp3) is 0.200. The van der Waals surface area contributed by atoms with Gasteiger partial charge in [0.25, 0.3) is 0 Å². The fourth-order valence-electron chi connectivity index (χ4n) is 0.903. The minimum Gasteiger partial charge on any atom is -0.299 e. The van der Waals surface area contributed by atoms with Crippen LogP contribution in [0.4, 0.5) is 0 Å². The molecule has 2 heteroatoms. The Morgan fingerprint density at radius 2 is 2.17 bits per heavy atom. The molecule has 1 aliphatic rings. The van der Waals surface area contributed by atoms with Crippen LogP contribution < -0.4 is 0 Å². The van der Waals surface area contributed by atoms with Crippen molar-refractivity contribution in [3.63, 3.8) is 0 Å². The second-order valence-corrected chi connectivity index (χ2v) is 2.63. The van der Waals surface area contributed by atoms with Gasteiger partial charge in [-0.2, -0.15) is 0 Å². The largest absolute Gasteiger partial charge is 0.299 e. The molecule has 0 saturated heterocycles. The molecule has 0 unspecified atom stereocenters. The van der Waals surface area contributed by atoms with Crippen LogP contribution >= 0.6 is 0 Å². The summed E-state index contributed by atoms with van der Waals surface area (Å²) in [4.78, 5) is 4.12. The highest BCUT2D eigenvalue weighted by atomic mass is 14.7. The zero-order valence-electron chi connectivity index (χ0n) is 7.33. The van der Waals surface area contributed by atoms with Gasteiger partial charge in [0.2, 0.25) is 0 Å². The summed E-state index contributed by atoms with van der Waals surface area (Å²) < 4.78 is 0. The Hall–Kier alpha value is -1.44. The standard InChI is InChI=1S/C10H12N2/c1-3-6-12-10-7-8(2)4-5-9(10)11/h3-7,11H,1-2H3/b6-3-,11-9?,12-10?. The van der Waals surface area contributed by atoms with Crippen molar-refractivity contribution in [3.05, 3.63) is 36.1 Å². The van der Waals surface area contributed by atoms with Crippen molar-refractivity contribution in [2.45, 2.75) is 13.8 Å². The van der Waals surface area contributed by atoms with E-state index in [2.05, 4.69) is 4.99 Å². The smallest absolute Gasteiger partial charge is 0.0881 e. The van der Waals surface area contributed by atoms with Gasteiger partial charge >= 0.3 is 0 Å². The van der Waals surface area contributed by atoms with Crippen molar-refractivity contribution in [2.24, 2.45) is 4.99 Å². The van der Waals surface area contributed by atoms with Crippen molar-refractivity contribution in [3.8, 4) is 0 Å². The van der Waals surface area contributed by atoms with Crippen molar-refractivity contribution in [1.29, 1.82) is 5.41 Å². The molecule has 62 valence electrons. The average molecular weight is 160 g/mol. The molecule has 1 rings (SSSR count). The third kappa shape index (κ3) is 2.02. The van der Waals surface area contributed by atoms with Crippen molar-refractivity contribution in [2.75, 3.05) is 0 Å². The second-order valence-electron chi connectivity index (χ2n) is 2.63. The minimum absolute atomic E-state index is 0.471. The van der Waals surface area contributed by atoms with Crippen LogP contribution in [0.25, 0.3) is 0 Å². The summed E-state index contributed by atoms with van der Waals surface area (Å²) in [5.41, 5.74) is 2.33. The maximum Gasteiger partial charge on any atom is 0.0881 e. The van der Waals surface area contributed by atoms with Gasteiger partial charge in [0.05, 0.1) is 11.4 Å². The second kappa shape index (κ2) is 3.81. The van der Waals surface area contributed by atoms with Gasteiger partial charge in [-0.25, -0.2) is 0 Å². The lowest BCUT2D eigenvalue weighted by Gasteiger charge is -2.04. The monoisotopic (exact) mass is 160 g/mol. The molecule has 1 N–H and O–H groups in total. The van der Waals surface area contributed by atoms with E-state index in [4.69, 9.17) is 5.41 Å². The molecular formula is C10H12N2. The summed E-state index contributed by atoms with van der Waals surface area (Å²) in [6.07, 6.45) is 9.13. The molecule has 0 heterocycles. The van der Waals surface area contributed by atoms with Gasteiger partial charge in [0.1, 0.15) is 0 Å². The third-order valence-electron chi connectivity index (χ3n) is 1.52. The first-order valence-corrected chi connectivity index (χ1v) is 3.88. The normalized spacial score (nSPS) is 20.7. The first-order chi connectivity index (χ1) is 5.74. The Kier molecular flexibility index (Phi) is 2.75. The fourth-order valence-corrected chi connectivity index (χ4v) is 0.903. The molecule has 0 atom stereocenters. The van der Waals surface area contributed by atoms with Crippen LogP contribution in [0.1, 0.15) is 13.8 Å². The van der Waals surface area contributed by atoms with E-state index in [0.29, 0.717) is 5.71 Å². The Labute approximate surface area is 72.5 Å². The topological polar surface area (TPSA) is 36.2 Å². The summed E-state index contributed by atoms with van der Waals surface area (Å²) in [7, 11) is 0. The van der Waals surface area contributed by atoms with Crippen LogP contribution in [-0.2, 0) is 0 Å². The predicted molar refractivity (Wildman–Crippen MR) is 52.9 cm³/mol. The van der Waals surface area contributed by atoms with Crippen LogP contribution in [0, 0.1) is 5.41 Å². The molecule has 0 aliphatic heterocycles. The summed E-state index contributed by atoms with van der Waals surface area (Å²) >= 11 is 0. The summed E-state index contributed by atoms with van der Waals surface area (Å²) in [5, 5.41) is 7.52. The van der Waals surface area contributed by atoms with E-state index in [0.717, 1.165) is 11.3 Å². The molecule has 0 amide bonds. The van der Waals surface area contributed by atoms with E-state index in [9.17, 15) is 0 Å². The van der Waals surface area contributed by atoms with Crippen LogP contribution in [-0.4, -0.2) is 11.4 Å².